The van der Waals surface area contributed by atoms with Crippen LogP contribution in [0.5, 0.6) is 0 Å². The van der Waals surface area contributed by atoms with Crippen molar-refractivity contribution in [2.75, 3.05) is 0 Å². The first-order valence-electron chi connectivity index (χ1n) is 7.41. The largest absolute Gasteiger partial charge is 0.276 e. The highest BCUT2D eigenvalue weighted by atomic mass is 15.3. The number of rotatable bonds is 0. The van der Waals surface area contributed by atoms with E-state index in [1.165, 1.54) is 16.8 Å². The highest BCUT2D eigenvalue weighted by Crippen LogP contribution is 2.24. The van der Waals surface area contributed by atoms with Gasteiger partial charge in [0.2, 0.25) is 0 Å². The zero-order valence-corrected chi connectivity index (χ0v) is 15.0. The smallest absolute Gasteiger partial charge is 0.0526 e. The molecule has 0 aromatic carbocycles. The maximum atomic E-state index is 4.20. The zero-order chi connectivity index (χ0) is 16.4. The summed E-state index contributed by atoms with van der Waals surface area (Å²) in [7, 11) is 3.93. The minimum Gasteiger partial charge on any atom is -0.276 e. The SMILES string of the molecule is Cc1cnn(C)c1C(C)(C)C.Cn1cc(C(C)(C)C)cn1. The Morgan fingerprint density at radius 1 is 0.857 bits per heavy atom. The van der Waals surface area contributed by atoms with E-state index < -0.39 is 0 Å². The topological polar surface area (TPSA) is 35.6 Å². The standard InChI is InChI=1S/C9H16N2.C8H14N2/c1-7-6-10-11(5)8(7)9(2,3)4;1-8(2,3)7-5-9-10(4)6-7/h6H,1-5H3;5-6H,1-4H3. The van der Waals surface area contributed by atoms with Gasteiger partial charge in [-0.3, -0.25) is 9.36 Å². The van der Waals surface area contributed by atoms with Crippen LogP contribution in [0.3, 0.4) is 0 Å². The molecule has 4 nitrogen and oxygen atoms in total. The van der Waals surface area contributed by atoms with E-state index in [-0.39, 0.29) is 10.8 Å². The molecule has 0 unspecified atom stereocenters. The van der Waals surface area contributed by atoms with Crippen LogP contribution in [0.25, 0.3) is 0 Å². The predicted octanol–water partition coefficient (Wildman–Crippen LogP) is 3.74. The van der Waals surface area contributed by atoms with Crippen LogP contribution in [0, 0.1) is 6.92 Å². The van der Waals surface area contributed by atoms with Gasteiger partial charge in [-0.1, -0.05) is 41.5 Å². The van der Waals surface area contributed by atoms with Crippen molar-refractivity contribution in [2.24, 2.45) is 14.1 Å². The van der Waals surface area contributed by atoms with Gasteiger partial charge in [0.15, 0.2) is 0 Å². The van der Waals surface area contributed by atoms with Gasteiger partial charge in [0.1, 0.15) is 0 Å². The fourth-order valence-electron chi connectivity index (χ4n) is 2.43. The van der Waals surface area contributed by atoms with Gasteiger partial charge in [0.25, 0.3) is 0 Å². The molecule has 0 N–H and O–H groups in total. The minimum absolute atomic E-state index is 0.204. The summed E-state index contributed by atoms with van der Waals surface area (Å²) in [4.78, 5) is 0. The van der Waals surface area contributed by atoms with Gasteiger partial charge in [-0.05, 0) is 23.5 Å². The summed E-state index contributed by atoms with van der Waals surface area (Å²) in [6.07, 6.45) is 5.89. The zero-order valence-electron chi connectivity index (χ0n) is 15.0. The second-order valence-corrected chi connectivity index (χ2v) is 7.70. The summed E-state index contributed by atoms with van der Waals surface area (Å²) < 4.78 is 3.79. The van der Waals surface area contributed by atoms with Crippen molar-refractivity contribution in [3.05, 3.63) is 35.4 Å². The van der Waals surface area contributed by atoms with Crippen molar-refractivity contribution >= 4 is 0 Å². The van der Waals surface area contributed by atoms with E-state index in [9.17, 15) is 0 Å². The predicted molar refractivity (Wildman–Crippen MR) is 88.6 cm³/mol. The van der Waals surface area contributed by atoms with Crippen LogP contribution in [-0.2, 0) is 24.9 Å². The third-order valence-electron chi connectivity index (χ3n) is 3.40. The number of nitrogens with zero attached hydrogens (tertiary/aromatic N) is 4. The van der Waals surface area contributed by atoms with Crippen molar-refractivity contribution in [3.8, 4) is 0 Å². The molecule has 0 amide bonds. The maximum absolute atomic E-state index is 4.20. The summed E-state index contributed by atoms with van der Waals surface area (Å²) in [6.45, 7) is 15.3. The van der Waals surface area contributed by atoms with Crippen molar-refractivity contribution in [2.45, 2.75) is 59.3 Å². The Morgan fingerprint density at radius 3 is 1.62 bits per heavy atom. The van der Waals surface area contributed by atoms with E-state index in [1.54, 1.807) is 0 Å². The van der Waals surface area contributed by atoms with Crippen molar-refractivity contribution in [1.82, 2.24) is 19.6 Å². The van der Waals surface area contributed by atoms with Crippen LogP contribution in [0.4, 0.5) is 0 Å². The highest BCUT2D eigenvalue weighted by Gasteiger charge is 2.19. The van der Waals surface area contributed by atoms with Crippen LogP contribution >= 0.6 is 0 Å². The van der Waals surface area contributed by atoms with E-state index in [0.717, 1.165) is 0 Å². The summed E-state index contributed by atoms with van der Waals surface area (Å²) in [5, 5.41) is 8.30. The third kappa shape index (κ3) is 4.73. The van der Waals surface area contributed by atoms with E-state index in [1.807, 2.05) is 35.9 Å². The molecule has 118 valence electrons. The number of hydrogen-bond acceptors (Lipinski definition) is 2. The van der Waals surface area contributed by atoms with Crippen LogP contribution in [0.2, 0.25) is 0 Å². The van der Waals surface area contributed by atoms with E-state index in [2.05, 4.69) is 64.9 Å². The molecular weight excluding hydrogens is 260 g/mol. The van der Waals surface area contributed by atoms with Gasteiger partial charge in [0.05, 0.1) is 12.4 Å². The number of aromatic nitrogens is 4. The highest BCUT2D eigenvalue weighted by molar-refractivity contribution is 5.22. The molecule has 21 heavy (non-hydrogen) atoms. The molecule has 2 rings (SSSR count). The molecule has 0 spiro atoms. The quantitative estimate of drug-likeness (QED) is 0.741. The Morgan fingerprint density at radius 2 is 1.43 bits per heavy atom. The van der Waals surface area contributed by atoms with E-state index in [4.69, 9.17) is 0 Å². The van der Waals surface area contributed by atoms with Crippen molar-refractivity contribution in [3.63, 3.8) is 0 Å². The van der Waals surface area contributed by atoms with Gasteiger partial charge >= 0.3 is 0 Å². The molecule has 0 radical (unpaired) electrons. The molecule has 4 heteroatoms. The summed E-state index contributed by atoms with van der Waals surface area (Å²) in [6, 6.07) is 0. The Kier molecular flexibility index (Phi) is 5.03. The monoisotopic (exact) mass is 290 g/mol. The van der Waals surface area contributed by atoms with Crippen molar-refractivity contribution < 1.29 is 0 Å². The molecule has 0 aliphatic carbocycles. The fraction of sp³-hybridized carbons (Fsp3) is 0.647. The van der Waals surface area contributed by atoms with Crippen LogP contribution in [-0.4, -0.2) is 19.6 Å². The Bertz CT molecular complexity index is 557. The molecule has 2 aromatic rings. The van der Waals surface area contributed by atoms with Gasteiger partial charge in [-0.15, -0.1) is 0 Å². The lowest BCUT2D eigenvalue weighted by Gasteiger charge is -2.19. The second-order valence-electron chi connectivity index (χ2n) is 7.70. The molecular formula is C17H30N4. The number of aryl methyl sites for hydroxylation is 3. The minimum atomic E-state index is 0.204. The van der Waals surface area contributed by atoms with Crippen LogP contribution in [0.1, 0.15) is 58.4 Å². The Hall–Kier alpha value is -1.58. The Balaban J connectivity index is 0.000000211. The first-order chi connectivity index (χ1) is 9.43. The third-order valence-corrected chi connectivity index (χ3v) is 3.40. The molecule has 0 aliphatic rings. The summed E-state index contributed by atoms with van der Waals surface area (Å²) >= 11 is 0. The van der Waals surface area contributed by atoms with Crippen LogP contribution < -0.4 is 0 Å². The molecule has 0 saturated carbocycles. The molecule has 2 aromatic heterocycles. The lowest BCUT2D eigenvalue weighted by molar-refractivity contribution is 0.520. The van der Waals surface area contributed by atoms with Gasteiger partial charge in [0, 0.05) is 31.4 Å². The molecule has 0 bridgehead atoms. The normalized spacial score (nSPS) is 12.0. The van der Waals surface area contributed by atoms with E-state index >= 15 is 0 Å². The fourth-order valence-corrected chi connectivity index (χ4v) is 2.43. The average Bonchev–Trinajstić information content (AvgIpc) is 2.84. The van der Waals surface area contributed by atoms with Crippen molar-refractivity contribution in [1.29, 1.82) is 0 Å². The molecule has 2 heterocycles. The van der Waals surface area contributed by atoms with Gasteiger partial charge in [-0.25, -0.2) is 0 Å². The molecule has 0 fully saturated rings. The number of hydrogen-bond donors (Lipinski definition) is 0. The van der Waals surface area contributed by atoms with E-state index in [0.29, 0.717) is 0 Å². The lowest BCUT2D eigenvalue weighted by atomic mass is 9.90. The summed E-state index contributed by atoms with van der Waals surface area (Å²) in [5.74, 6) is 0. The Labute approximate surface area is 129 Å². The molecule has 0 aliphatic heterocycles. The molecule has 0 saturated heterocycles. The molecule has 0 atom stereocenters. The van der Waals surface area contributed by atoms with Gasteiger partial charge < -0.3 is 0 Å². The second kappa shape index (κ2) is 6.04. The first kappa shape index (κ1) is 17.5. The lowest BCUT2D eigenvalue weighted by Crippen LogP contribution is -2.17. The maximum Gasteiger partial charge on any atom is 0.0526 e. The van der Waals surface area contributed by atoms with Gasteiger partial charge in [-0.2, -0.15) is 10.2 Å². The van der Waals surface area contributed by atoms with Crippen LogP contribution in [0.15, 0.2) is 18.6 Å². The summed E-state index contributed by atoms with van der Waals surface area (Å²) in [5.41, 5.74) is 4.32. The first-order valence-corrected chi connectivity index (χ1v) is 7.41. The average molecular weight is 290 g/mol.